The van der Waals surface area contributed by atoms with Crippen LogP contribution in [0.25, 0.3) is 0 Å². The summed E-state index contributed by atoms with van der Waals surface area (Å²) in [5.41, 5.74) is -1.74. The number of aromatic amines is 1. The van der Waals surface area contributed by atoms with Crippen molar-refractivity contribution < 1.29 is 22.3 Å². The fourth-order valence-corrected chi connectivity index (χ4v) is 1.22. The van der Waals surface area contributed by atoms with Gasteiger partial charge in [0.05, 0.1) is 12.5 Å². The average molecular weight is 250 g/mol. The molecule has 0 aliphatic rings. The van der Waals surface area contributed by atoms with Crippen LogP contribution < -0.4 is 10.3 Å². The van der Waals surface area contributed by atoms with Gasteiger partial charge in [0.15, 0.2) is 5.75 Å². The predicted octanol–water partition coefficient (Wildman–Crippen LogP) is 1.81. The fourth-order valence-electron chi connectivity index (χ4n) is 1.22. The highest BCUT2D eigenvalue weighted by Gasteiger charge is 2.33. The van der Waals surface area contributed by atoms with Crippen molar-refractivity contribution >= 4 is 0 Å². The molecule has 0 spiro atoms. The predicted molar refractivity (Wildman–Crippen MR) is 47.9 cm³/mol. The highest BCUT2D eigenvalue weighted by atomic mass is 19.4. The lowest BCUT2D eigenvalue weighted by molar-refractivity contribution is -0.275. The molecule has 92 valence electrons. The summed E-state index contributed by atoms with van der Waals surface area (Å²) in [6, 6.07) is 1.57. The Morgan fingerprint density at radius 1 is 1.41 bits per heavy atom. The van der Waals surface area contributed by atoms with Crippen LogP contribution in [0.5, 0.6) is 5.75 Å². The summed E-state index contributed by atoms with van der Waals surface area (Å²) in [6.07, 6.45) is -4.87. The van der Waals surface area contributed by atoms with E-state index in [0.717, 1.165) is 0 Å². The number of pyridine rings is 1. The molecule has 0 atom stereocenters. The topological polar surface area (TPSA) is 65.9 Å². The fraction of sp³-hybridized carbons (Fsp3) is 0.333. The van der Waals surface area contributed by atoms with Crippen molar-refractivity contribution in [2.75, 3.05) is 0 Å². The first-order chi connectivity index (χ1) is 7.89. The first-order valence-electron chi connectivity index (χ1n) is 4.31. The first kappa shape index (κ1) is 13.0. The third-order valence-electron chi connectivity index (χ3n) is 1.89. The van der Waals surface area contributed by atoms with Crippen molar-refractivity contribution in [2.45, 2.75) is 19.5 Å². The zero-order valence-corrected chi connectivity index (χ0v) is 8.27. The van der Waals surface area contributed by atoms with Gasteiger partial charge in [-0.25, -0.2) is 4.39 Å². The summed E-state index contributed by atoms with van der Waals surface area (Å²) in [6.45, 7) is -1.33. The molecule has 1 N–H and O–H groups in total. The molecule has 0 fully saturated rings. The van der Waals surface area contributed by atoms with Gasteiger partial charge in [-0.05, 0) is 0 Å². The van der Waals surface area contributed by atoms with E-state index in [-0.39, 0.29) is 5.56 Å². The molecule has 1 aromatic rings. The maximum atomic E-state index is 12.6. The van der Waals surface area contributed by atoms with Gasteiger partial charge in [0.1, 0.15) is 6.67 Å². The zero-order valence-electron chi connectivity index (χ0n) is 8.27. The summed E-state index contributed by atoms with van der Waals surface area (Å²) in [7, 11) is 0. The maximum Gasteiger partial charge on any atom is 0.573 e. The van der Waals surface area contributed by atoms with Gasteiger partial charge in [-0.15, -0.1) is 13.2 Å². The lowest BCUT2D eigenvalue weighted by atomic mass is 10.1. The molecule has 1 heterocycles. The van der Waals surface area contributed by atoms with Crippen LogP contribution in [0.3, 0.4) is 0 Å². The molecule has 0 unspecified atom stereocenters. The number of hydrogen-bond donors (Lipinski definition) is 1. The molecule has 17 heavy (non-hydrogen) atoms. The van der Waals surface area contributed by atoms with Crippen LogP contribution in [0.15, 0.2) is 11.0 Å². The molecule has 4 nitrogen and oxygen atoms in total. The minimum atomic E-state index is -4.99. The number of rotatable bonds is 3. The van der Waals surface area contributed by atoms with Crippen LogP contribution in [0, 0.1) is 11.3 Å². The van der Waals surface area contributed by atoms with Crippen LogP contribution in [0.2, 0.25) is 0 Å². The van der Waals surface area contributed by atoms with E-state index in [1.165, 1.54) is 0 Å². The van der Waals surface area contributed by atoms with Crippen molar-refractivity contribution in [2.24, 2.45) is 0 Å². The van der Waals surface area contributed by atoms with Gasteiger partial charge >= 0.3 is 6.36 Å². The van der Waals surface area contributed by atoms with E-state index in [2.05, 4.69) is 4.74 Å². The second-order valence-corrected chi connectivity index (χ2v) is 2.96. The van der Waals surface area contributed by atoms with Crippen molar-refractivity contribution in [3.63, 3.8) is 0 Å². The van der Waals surface area contributed by atoms with E-state index < -0.39 is 36.3 Å². The van der Waals surface area contributed by atoms with E-state index in [4.69, 9.17) is 5.26 Å². The van der Waals surface area contributed by atoms with Crippen molar-refractivity contribution in [1.29, 1.82) is 5.26 Å². The van der Waals surface area contributed by atoms with E-state index in [1.807, 2.05) is 4.98 Å². The van der Waals surface area contributed by atoms with Gasteiger partial charge in [-0.1, -0.05) is 0 Å². The molecule has 0 aliphatic heterocycles. The standard InChI is InChI=1S/C9H6F4N2O2/c10-3-6-5(1-2-14)8(16)15-4-7(6)17-9(11,12)13/h4H,1,3H2,(H,15,16). The van der Waals surface area contributed by atoms with Crippen molar-refractivity contribution in [1.82, 2.24) is 4.98 Å². The number of hydrogen-bond acceptors (Lipinski definition) is 3. The number of nitriles is 1. The number of aromatic nitrogens is 1. The lowest BCUT2D eigenvalue weighted by Gasteiger charge is -2.12. The van der Waals surface area contributed by atoms with Crippen molar-refractivity contribution in [3.05, 3.63) is 27.7 Å². The lowest BCUT2D eigenvalue weighted by Crippen LogP contribution is -2.22. The van der Waals surface area contributed by atoms with Crippen LogP contribution in [0.4, 0.5) is 17.6 Å². The van der Waals surface area contributed by atoms with E-state index in [1.54, 1.807) is 6.07 Å². The maximum absolute atomic E-state index is 12.6. The van der Waals surface area contributed by atoms with Crippen LogP contribution in [0.1, 0.15) is 11.1 Å². The van der Waals surface area contributed by atoms with E-state index in [9.17, 15) is 22.4 Å². The summed E-state index contributed by atoms with van der Waals surface area (Å²) >= 11 is 0. The second kappa shape index (κ2) is 4.86. The smallest absolute Gasteiger partial charge is 0.404 e. The van der Waals surface area contributed by atoms with Crippen LogP contribution >= 0.6 is 0 Å². The van der Waals surface area contributed by atoms with Crippen molar-refractivity contribution in [3.8, 4) is 11.8 Å². The van der Waals surface area contributed by atoms with Gasteiger partial charge in [0, 0.05) is 17.3 Å². The number of H-pyrrole nitrogens is 1. The Balaban J connectivity index is 3.29. The molecule has 1 rings (SSSR count). The highest BCUT2D eigenvalue weighted by molar-refractivity contribution is 5.38. The minimum Gasteiger partial charge on any atom is -0.404 e. The van der Waals surface area contributed by atoms with Gasteiger partial charge in [0.2, 0.25) is 0 Å². The molecule has 0 amide bonds. The highest BCUT2D eigenvalue weighted by Crippen LogP contribution is 2.27. The molecule has 0 saturated heterocycles. The van der Waals surface area contributed by atoms with E-state index >= 15 is 0 Å². The zero-order chi connectivity index (χ0) is 13.1. The molecule has 0 aromatic carbocycles. The quantitative estimate of drug-likeness (QED) is 0.832. The Bertz CT molecular complexity index is 501. The molecule has 0 saturated carbocycles. The third-order valence-corrected chi connectivity index (χ3v) is 1.89. The molecular formula is C9H6F4N2O2. The van der Waals surface area contributed by atoms with Gasteiger partial charge < -0.3 is 9.72 Å². The molecule has 0 aliphatic carbocycles. The van der Waals surface area contributed by atoms with Gasteiger partial charge in [-0.3, -0.25) is 4.79 Å². The Kier molecular flexibility index (Phi) is 3.73. The SMILES string of the molecule is N#CCc1c(CF)c(OC(F)(F)F)c[nH]c1=O. The largest absolute Gasteiger partial charge is 0.573 e. The Labute approximate surface area is 92.4 Å². The van der Waals surface area contributed by atoms with Gasteiger partial charge in [-0.2, -0.15) is 5.26 Å². The average Bonchev–Trinajstić information content (AvgIpc) is 2.21. The Morgan fingerprint density at radius 2 is 2.06 bits per heavy atom. The summed E-state index contributed by atoms with van der Waals surface area (Å²) in [4.78, 5) is 13.1. The number of alkyl halides is 4. The number of halogens is 4. The molecular weight excluding hydrogens is 244 g/mol. The first-order valence-corrected chi connectivity index (χ1v) is 4.31. The second-order valence-electron chi connectivity index (χ2n) is 2.96. The Hall–Kier alpha value is -2.04. The van der Waals surface area contributed by atoms with Crippen LogP contribution in [-0.2, 0) is 13.1 Å². The van der Waals surface area contributed by atoms with Crippen LogP contribution in [-0.4, -0.2) is 11.3 Å². The normalized spacial score (nSPS) is 11.0. The molecule has 0 bridgehead atoms. The number of ether oxygens (including phenoxy) is 1. The molecule has 0 radical (unpaired) electrons. The summed E-state index contributed by atoms with van der Waals surface area (Å²) in [5.74, 6) is -0.843. The molecule has 8 heteroatoms. The third kappa shape index (κ3) is 3.21. The summed E-state index contributed by atoms with van der Waals surface area (Å²) in [5, 5.41) is 8.40. The monoisotopic (exact) mass is 250 g/mol. The number of nitrogens with one attached hydrogen (secondary N) is 1. The van der Waals surface area contributed by atoms with Gasteiger partial charge in [0.25, 0.3) is 5.56 Å². The Morgan fingerprint density at radius 3 is 2.53 bits per heavy atom. The number of nitrogens with zero attached hydrogens (tertiary/aromatic N) is 1. The van der Waals surface area contributed by atoms with E-state index in [0.29, 0.717) is 6.20 Å². The minimum absolute atomic E-state index is 0.364. The summed E-state index contributed by atoms with van der Waals surface area (Å²) < 4.78 is 52.1. The molecule has 1 aromatic heterocycles.